The number of Topliss-reactive ketones (excluding diaryl/α,β-unsaturated/α-hetero) is 1. The Labute approximate surface area is 77.8 Å². The van der Waals surface area contributed by atoms with E-state index in [4.69, 9.17) is 5.73 Å². The summed E-state index contributed by atoms with van der Waals surface area (Å²) < 4.78 is 0. The van der Waals surface area contributed by atoms with Crippen LogP contribution in [-0.2, 0) is 4.79 Å². The predicted octanol–water partition coefficient (Wildman–Crippen LogP) is 1.76. The van der Waals surface area contributed by atoms with Gasteiger partial charge in [-0.3, -0.25) is 4.79 Å². The van der Waals surface area contributed by atoms with Crippen molar-refractivity contribution in [1.29, 1.82) is 0 Å². The molecule has 2 nitrogen and oxygen atoms in total. The lowest BCUT2D eigenvalue weighted by atomic mass is 9.98. The number of nitrogens with two attached hydrogens (primary N) is 1. The number of hydrogen-bond acceptors (Lipinski definition) is 2. The Morgan fingerprint density at radius 1 is 1.38 bits per heavy atom. The molecule has 0 heterocycles. The number of carbonyl (C=O) groups excluding carboxylic acids is 1. The van der Waals surface area contributed by atoms with E-state index in [2.05, 4.69) is 0 Å². The molecule has 0 saturated heterocycles. The Bertz CT molecular complexity index is 346. The van der Waals surface area contributed by atoms with Crippen LogP contribution in [0.15, 0.2) is 24.3 Å². The molecular weight excluding hydrogens is 162 g/mol. The highest BCUT2D eigenvalue weighted by molar-refractivity contribution is 5.84. The van der Waals surface area contributed by atoms with Gasteiger partial charge in [-0.1, -0.05) is 24.3 Å². The predicted molar refractivity (Wildman–Crippen MR) is 51.4 cm³/mol. The van der Waals surface area contributed by atoms with Crippen molar-refractivity contribution < 1.29 is 4.79 Å². The fraction of sp³-hybridized carbons (Fsp3) is 0.364. The molecule has 0 radical (unpaired) electrons. The normalized spacial score (nSPS) is 25.7. The number of benzene rings is 1. The molecule has 0 fully saturated rings. The lowest BCUT2D eigenvalue weighted by molar-refractivity contribution is -0.118. The number of rotatable bonds is 1. The third kappa shape index (κ3) is 1.27. The minimum atomic E-state index is 0.0335. The molecule has 0 saturated carbocycles. The molecule has 13 heavy (non-hydrogen) atoms. The summed E-state index contributed by atoms with van der Waals surface area (Å²) in [4.78, 5) is 11.3. The summed E-state index contributed by atoms with van der Waals surface area (Å²) in [7, 11) is 0. The second-order valence-electron chi connectivity index (χ2n) is 3.63. The van der Waals surface area contributed by atoms with Crippen LogP contribution < -0.4 is 5.73 Å². The zero-order valence-corrected chi connectivity index (χ0v) is 7.66. The number of fused-ring (bicyclic) bond motifs is 1. The van der Waals surface area contributed by atoms with Gasteiger partial charge in [0.2, 0.25) is 0 Å². The van der Waals surface area contributed by atoms with E-state index in [-0.39, 0.29) is 17.7 Å². The largest absolute Gasteiger partial charge is 0.324 e. The van der Waals surface area contributed by atoms with Crippen LogP contribution in [0.1, 0.15) is 36.4 Å². The third-order valence-corrected chi connectivity index (χ3v) is 2.75. The second-order valence-corrected chi connectivity index (χ2v) is 3.63. The molecule has 0 unspecified atom stereocenters. The van der Waals surface area contributed by atoms with Crippen LogP contribution >= 0.6 is 0 Å². The standard InChI is InChI=1S/C11H13NO/c1-7(13)10-6-11(12)9-5-3-2-4-8(9)10/h2-5,10-11H,6,12H2,1H3/t10-,11+/m1/s1. The Kier molecular flexibility index (Phi) is 1.93. The lowest BCUT2D eigenvalue weighted by Gasteiger charge is -2.05. The van der Waals surface area contributed by atoms with Gasteiger partial charge in [-0.05, 0) is 24.5 Å². The molecule has 68 valence electrons. The first-order chi connectivity index (χ1) is 6.20. The van der Waals surface area contributed by atoms with Gasteiger partial charge in [-0.2, -0.15) is 0 Å². The van der Waals surface area contributed by atoms with Crippen LogP contribution in [-0.4, -0.2) is 5.78 Å². The van der Waals surface area contributed by atoms with E-state index in [1.807, 2.05) is 24.3 Å². The summed E-state index contributed by atoms with van der Waals surface area (Å²) in [5.74, 6) is 0.256. The minimum Gasteiger partial charge on any atom is -0.324 e. The molecule has 0 spiro atoms. The van der Waals surface area contributed by atoms with Gasteiger partial charge in [0.05, 0.1) is 0 Å². The van der Waals surface area contributed by atoms with Gasteiger partial charge >= 0.3 is 0 Å². The average molecular weight is 175 g/mol. The molecule has 0 bridgehead atoms. The number of hydrogen-bond donors (Lipinski definition) is 1. The van der Waals surface area contributed by atoms with Gasteiger partial charge in [0.25, 0.3) is 0 Å². The van der Waals surface area contributed by atoms with Crippen LogP contribution in [0.4, 0.5) is 0 Å². The van der Waals surface area contributed by atoms with Gasteiger partial charge in [-0.25, -0.2) is 0 Å². The second kappa shape index (κ2) is 2.96. The quantitative estimate of drug-likeness (QED) is 0.706. The van der Waals surface area contributed by atoms with Gasteiger partial charge in [0.1, 0.15) is 5.78 Å². The first-order valence-corrected chi connectivity index (χ1v) is 4.55. The van der Waals surface area contributed by atoms with Crippen molar-refractivity contribution in [3.8, 4) is 0 Å². The summed E-state index contributed by atoms with van der Waals surface area (Å²) in [6, 6.07) is 8.01. The summed E-state index contributed by atoms with van der Waals surface area (Å²) in [6.45, 7) is 1.64. The highest BCUT2D eigenvalue weighted by Gasteiger charge is 2.30. The summed E-state index contributed by atoms with van der Waals surface area (Å²) in [5, 5.41) is 0. The fourth-order valence-corrected chi connectivity index (χ4v) is 2.06. The number of ketones is 1. The van der Waals surface area contributed by atoms with E-state index in [1.54, 1.807) is 6.92 Å². The highest BCUT2D eigenvalue weighted by atomic mass is 16.1. The maximum Gasteiger partial charge on any atom is 0.137 e. The maximum atomic E-state index is 11.3. The van der Waals surface area contributed by atoms with Crippen molar-refractivity contribution in [2.45, 2.75) is 25.3 Å². The summed E-state index contributed by atoms with van der Waals surface area (Å²) >= 11 is 0. The first-order valence-electron chi connectivity index (χ1n) is 4.55. The Balaban J connectivity index is 2.47. The first kappa shape index (κ1) is 8.45. The van der Waals surface area contributed by atoms with Crippen molar-refractivity contribution >= 4 is 5.78 Å². The van der Waals surface area contributed by atoms with Gasteiger partial charge in [-0.15, -0.1) is 0 Å². The van der Waals surface area contributed by atoms with Crippen LogP contribution in [0.5, 0.6) is 0 Å². The molecule has 1 aromatic carbocycles. The van der Waals surface area contributed by atoms with Crippen molar-refractivity contribution in [3.05, 3.63) is 35.4 Å². The van der Waals surface area contributed by atoms with E-state index in [0.29, 0.717) is 0 Å². The lowest BCUT2D eigenvalue weighted by Crippen LogP contribution is -2.08. The Morgan fingerprint density at radius 3 is 2.62 bits per heavy atom. The number of carbonyl (C=O) groups is 1. The van der Waals surface area contributed by atoms with E-state index in [0.717, 1.165) is 17.5 Å². The molecule has 1 aliphatic rings. The van der Waals surface area contributed by atoms with E-state index in [9.17, 15) is 4.79 Å². The SMILES string of the molecule is CC(=O)[C@H]1C[C@H](N)c2ccccc21. The van der Waals surface area contributed by atoms with Gasteiger partial charge < -0.3 is 5.73 Å². The van der Waals surface area contributed by atoms with Crippen molar-refractivity contribution in [2.24, 2.45) is 5.73 Å². The van der Waals surface area contributed by atoms with Crippen molar-refractivity contribution in [2.75, 3.05) is 0 Å². The van der Waals surface area contributed by atoms with Crippen LogP contribution in [0.3, 0.4) is 0 Å². The minimum absolute atomic E-state index is 0.0335. The van der Waals surface area contributed by atoms with Crippen molar-refractivity contribution in [3.63, 3.8) is 0 Å². The summed E-state index contributed by atoms with van der Waals surface area (Å²) in [6.07, 6.45) is 0.772. The van der Waals surface area contributed by atoms with Crippen LogP contribution in [0, 0.1) is 0 Å². The van der Waals surface area contributed by atoms with Crippen LogP contribution in [0.25, 0.3) is 0 Å². The molecule has 1 aliphatic carbocycles. The molecule has 0 aliphatic heterocycles. The molecular formula is C11H13NO. The molecule has 0 aromatic heterocycles. The molecule has 2 atom stereocenters. The summed E-state index contributed by atoms with van der Waals surface area (Å²) in [5.41, 5.74) is 8.19. The van der Waals surface area contributed by atoms with Crippen LogP contribution in [0.2, 0.25) is 0 Å². The van der Waals surface area contributed by atoms with Gasteiger partial charge in [0, 0.05) is 12.0 Å². The topological polar surface area (TPSA) is 43.1 Å². The highest BCUT2D eigenvalue weighted by Crippen LogP contribution is 2.38. The van der Waals surface area contributed by atoms with E-state index >= 15 is 0 Å². The Hall–Kier alpha value is -1.15. The smallest absolute Gasteiger partial charge is 0.137 e. The zero-order valence-electron chi connectivity index (χ0n) is 7.66. The van der Waals surface area contributed by atoms with Crippen molar-refractivity contribution in [1.82, 2.24) is 0 Å². The molecule has 2 heteroatoms. The Morgan fingerprint density at radius 2 is 2.00 bits per heavy atom. The molecule has 0 amide bonds. The molecule has 1 aromatic rings. The fourth-order valence-electron chi connectivity index (χ4n) is 2.06. The third-order valence-electron chi connectivity index (χ3n) is 2.75. The molecule has 2 rings (SSSR count). The molecule has 2 N–H and O–H groups in total. The van der Waals surface area contributed by atoms with Gasteiger partial charge in [0.15, 0.2) is 0 Å². The maximum absolute atomic E-state index is 11.3. The van der Waals surface area contributed by atoms with E-state index in [1.165, 1.54) is 0 Å². The van der Waals surface area contributed by atoms with E-state index < -0.39 is 0 Å². The zero-order chi connectivity index (χ0) is 9.42. The average Bonchev–Trinajstić information content (AvgIpc) is 2.45. The monoisotopic (exact) mass is 175 g/mol.